The topological polar surface area (TPSA) is 0 Å². The fourth-order valence-electron chi connectivity index (χ4n) is 4.32. The molecule has 1 aliphatic carbocycles. The van der Waals surface area contributed by atoms with E-state index in [2.05, 4.69) is 59.2 Å². The van der Waals surface area contributed by atoms with E-state index in [-0.39, 0.29) is 7.92 Å². The van der Waals surface area contributed by atoms with Crippen molar-refractivity contribution in [1.82, 2.24) is 0 Å². The van der Waals surface area contributed by atoms with E-state index in [1.54, 1.807) is 10.9 Å². The lowest BCUT2D eigenvalue weighted by Gasteiger charge is -2.16. The highest BCUT2D eigenvalue weighted by Gasteiger charge is 2.46. The highest BCUT2D eigenvalue weighted by Crippen LogP contribution is 2.53. The smallest absolute Gasteiger partial charge is 0.0211 e. The van der Waals surface area contributed by atoms with Gasteiger partial charge in [-0.15, -0.1) is 0 Å². The minimum atomic E-state index is 0.00265. The van der Waals surface area contributed by atoms with Crippen molar-refractivity contribution in [2.45, 2.75) is 59.8 Å². The Bertz CT molecular complexity index is 465. The third kappa shape index (κ3) is 4.35. The molecule has 22 heavy (non-hydrogen) atoms. The van der Waals surface area contributed by atoms with Crippen molar-refractivity contribution in [3.05, 3.63) is 29.3 Å². The first-order valence-electron chi connectivity index (χ1n) is 9.27. The Morgan fingerprint density at radius 3 is 2.14 bits per heavy atom. The van der Waals surface area contributed by atoms with Gasteiger partial charge in [0, 0.05) is 0 Å². The number of rotatable bonds is 8. The van der Waals surface area contributed by atoms with Gasteiger partial charge in [0.25, 0.3) is 0 Å². The van der Waals surface area contributed by atoms with Crippen molar-refractivity contribution < 1.29 is 0 Å². The summed E-state index contributed by atoms with van der Waals surface area (Å²) in [6.45, 7) is 14.2. The van der Waals surface area contributed by atoms with Crippen molar-refractivity contribution in [2.75, 3.05) is 13.3 Å². The quantitative estimate of drug-likeness (QED) is 0.526. The van der Waals surface area contributed by atoms with E-state index in [9.17, 15) is 0 Å². The first kappa shape index (κ1) is 18.0. The lowest BCUT2D eigenvalue weighted by Crippen LogP contribution is -2.11. The average molecular weight is 318 g/mol. The van der Waals surface area contributed by atoms with Gasteiger partial charge < -0.3 is 0 Å². The molecule has 1 fully saturated rings. The van der Waals surface area contributed by atoms with Crippen LogP contribution in [0.2, 0.25) is 0 Å². The van der Waals surface area contributed by atoms with E-state index >= 15 is 0 Å². The van der Waals surface area contributed by atoms with Crippen LogP contribution in [0.15, 0.2) is 18.2 Å². The zero-order valence-electron chi connectivity index (χ0n) is 15.5. The van der Waals surface area contributed by atoms with Crippen LogP contribution in [0.1, 0.15) is 58.1 Å². The molecule has 0 radical (unpaired) electrons. The van der Waals surface area contributed by atoms with Crippen LogP contribution in [0.3, 0.4) is 0 Å². The first-order valence-corrected chi connectivity index (χ1v) is 11.5. The third-order valence-electron chi connectivity index (χ3n) is 5.47. The molecule has 0 spiro atoms. The summed E-state index contributed by atoms with van der Waals surface area (Å²) in [6.07, 6.45) is 6.70. The van der Waals surface area contributed by atoms with Gasteiger partial charge in [0.15, 0.2) is 0 Å². The zero-order chi connectivity index (χ0) is 16.3. The number of aryl methyl sites for hydroxylation is 1. The van der Waals surface area contributed by atoms with Gasteiger partial charge in [-0.25, -0.2) is 0 Å². The summed E-state index contributed by atoms with van der Waals surface area (Å²) < 4.78 is 0. The molecule has 1 aromatic carbocycles. The molecule has 0 aliphatic heterocycles. The third-order valence-corrected chi connectivity index (χ3v) is 6.85. The van der Waals surface area contributed by atoms with E-state index in [0.717, 1.165) is 23.7 Å². The van der Waals surface area contributed by atoms with E-state index in [4.69, 9.17) is 0 Å². The summed E-state index contributed by atoms with van der Waals surface area (Å²) in [7, 11) is 0.00265. The molecule has 0 nitrogen and oxygen atoms in total. The Hall–Kier alpha value is -0.350. The fraction of sp³-hybridized carbons (Fsp3) is 0.714. The van der Waals surface area contributed by atoms with Gasteiger partial charge in [-0.05, 0) is 72.7 Å². The summed E-state index contributed by atoms with van der Waals surface area (Å²) in [5.41, 5.74) is 3.18. The fourth-order valence-corrected chi connectivity index (χ4v) is 5.51. The summed E-state index contributed by atoms with van der Waals surface area (Å²) in [5, 5.41) is 1.66. The molecule has 1 aliphatic rings. The van der Waals surface area contributed by atoms with E-state index in [0.29, 0.717) is 0 Å². The van der Waals surface area contributed by atoms with Crippen LogP contribution >= 0.6 is 7.92 Å². The van der Waals surface area contributed by atoms with Gasteiger partial charge in [-0.1, -0.05) is 66.7 Å². The molecule has 1 aromatic rings. The Labute approximate surface area is 139 Å². The Morgan fingerprint density at radius 1 is 1.00 bits per heavy atom. The lowest BCUT2D eigenvalue weighted by molar-refractivity contribution is 0.624. The molecule has 0 N–H and O–H groups in total. The zero-order valence-corrected chi connectivity index (χ0v) is 16.4. The number of benzene rings is 1. The molecule has 0 bridgehead atoms. The van der Waals surface area contributed by atoms with Crippen molar-refractivity contribution in [3.63, 3.8) is 0 Å². The monoisotopic (exact) mass is 318 g/mol. The Kier molecular flexibility index (Phi) is 6.51. The largest absolute Gasteiger partial charge is 0.0814 e. The molecule has 2 atom stereocenters. The molecule has 0 amide bonds. The van der Waals surface area contributed by atoms with Crippen molar-refractivity contribution in [2.24, 2.45) is 23.7 Å². The van der Waals surface area contributed by atoms with Gasteiger partial charge in [0.1, 0.15) is 0 Å². The molecule has 0 saturated heterocycles. The Balaban J connectivity index is 2.04. The van der Waals surface area contributed by atoms with Crippen LogP contribution in [0.4, 0.5) is 0 Å². The molecule has 2 rings (SSSR count). The second kappa shape index (κ2) is 7.96. The summed E-state index contributed by atoms with van der Waals surface area (Å²) in [4.78, 5) is 0. The molecule has 2 unspecified atom stereocenters. The summed E-state index contributed by atoms with van der Waals surface area (Å²) in [5.74, 6) is 3.82. The second-order valence-corrected chi connectivity index (χ2v) is 10.1. The van der Waals surface area contributed by atoms with Crippen LogP contribution in [-0.4, -0.2) is 13.3 Å². The van der Waals surface area contributed by atoms with Gasteiger partial charge in [-0.3, -0.25) is 0 Å². The number of hydrogen-bond donors (Lipinski definition) is 0. The van der Waals surface area contributed by atoms with Crippen LogP contribution in [-0.2, 0) is 12.8 Å². The first-order chi connectivity index (χ1) is 10.5. The van der Waals surface area contributed by atoms with Crippen LogP contribution < -0.4 is 5.30 Å². The maximum Gasteiger partial charge on any atom is -0.0211 e. The van der Waals surface area contributed by atoms with Gasteiger partial charge in [0.05, 0.1) is 0 Å². The average Bonchev–Trinajstić information content (AvgIpc) is 3.17. The standard InChI is InChI=1S/C21H35P/c1-7-18-19(8-2)20(18)12-11-17-10-9-16(13-15(3)4)14-21(17)22(5)6/h9-10,14-15,18-20H,7-8,11-13H2,1-6H3. The van der Waals surface area contributed by atoms with Crippen molar-refractivity contribution in [3.8, 4) is 0 Å². The van der Waals surface area contributed by atoms with E-state index in [1.807, 2.05) is 0 Å². The van der Waals surface area contributed by atoms with Crippen LogP contribution in [0.25, 0.3) is 0 Å². The van der Waals surface area contributed by atoms with Crippen LogP contribution in [0, 0.1) is 23.7 Å². The summed E-state index contributed by atoms with van der Waals surface area (Å²) in [6, 6.07) is 7.35. The van der Waals surface area contributed by atoms with Crippen molar-refractivity contribution in [1.29, 1.82) is 0 Å². The minimum absolute atomic E-state index is 0.00265. The number of hydrogen-bond acceptors (Lipinski definition) is 0. The molecule has 1 saturated carbocycles. The van der Waals surface area contributed by atoms with E-state index < -0.39 is 0 Å². The SMILES string of the molecule is CCC1C(CC)C1CCc1ccc(CC(C)C)cc1P(C)C. The van der Waals surface area contributed by atoms with E-state index in [1.165, 1.54) is 37.7 Å². The molecular weight excluding hydrogens is 283 g/mol. The normalized spacial score (nSPS) is 24.3. The molecule has 0 heterocycles. The van der Waals surface area contributed by atoms with Crippen LogP contribution in [0.5, 0.6) is 0 Å². The molecular formula is C21H35P. The highest BCUT2D eigenvalue weighted by atomic mass is 31.1. The molecule has 1 heteroatoms. The minimum Gasteiger partial charge on any atom is -0.0814 e. The maximum atomic E-state index is 2.52. The lowest BCUT2D eigenvalue weighted by atomic mass is 9.99. The van der Waals surface area contributed by atoms with Gasteiger partial charge >= 0.3 is 0 Å². The molecule has 0 aromatic heterocycles. The van der Waals surface area contributed by atoms with Gasteiger partial charge in [0.2, 0.25) is 0 Å². The predicted molar refractivity (Wildman–Crippen MR) is 103 cm³/mol. The van der Waals surface area contributed by atoms with Gasteiger partial charge in [-0.2, -0.15) is 0 Å². The highest BCUT2D eigenvalue weighted by molar-refractivity contribution is 7.64. The Morgan fingerprint density at radius 2 is 1.64 bits per heavy atom. The predicted octanol–water partition coefficient (Wildman–Crippen LogP) is 5.87. The van der Waals surface area contributed by atoms with Crippen molar-refractivity contribution >= 4 is 13.2 Å². The second-order valence-electron chi connectivity index (χ2n) is 7.80. The maximum absolute atomic E-state index is 2.52. The summed E-state index contributed by atoms with van der Waals surface area (Å²) >= 11 is 0. The molecule has 124 valence electrons.